The third kappa shape index (κ3) is 2.28. The Morgan fingerprint density at radius 1 is 1.46 bits per heavy atom. The van der Waals surface area contributed by atoms with Crippen LogP contribution in [0.25, 0.3) is 0 Å². The van der Waals surface area contributed by atoms with Crippen LogP contribution in [0, 0.1) is 10.1 Å². The molecule has 0 bridgehead atoms. The molecule has 0 heterocycles. The summed E-state index contributed by atoms with van der Waals surface area (Å²) in [6.45, 7) is 4.01. The quantitative estimate of drug-likeness (QED) is 0.590. The second kappa shape index (κ2) is 3.87. The maximum absolute atomic E-state index is 10.5. The van der Waals surface area contributed by atoms with Gasteiger partial charge in [0.1, 0.15) is 0 Å². The molecule has 1 aromatic carbocycles. The lowest BCUT2D eigenvalue weighted by atomic mass is 10.0. The first kappa shape index (κ1) is 10.2. The van der Waals surface area contributed by atoms with Crippen molar-refractivity contribution in [2.45, 2.75) is 19.8 Å². The highest BCUT2D eigenvalue weighted by Crippen LogP contribution is 2.28. The van der Waals surface area contributed by atoms with E-state index in [2.05, 4.69) is 15.9 Å². The van der Waals surface area contributed by atoms with Gasteiger partial charge in [0.05, 0.1) is 4.92 Å². The summed E-state index contributed by atoms with van der Waals surface area (Å²) in [5.74, 6) is 0.286. The lowest BCUT2D eigenvalue weighted by Gasteiger charge is -2.06. The number of nitro groups is 1. The van der Waals surface area contributed by atoms with Gasteiger partial charge >= 0.3 is 0 Å². The van der Waals surface area contributed by atoms with Gasteiger partial charge in [0, 0.05) is 16.6 Å². The molecule has 0 amide bonds. The van der Waals surface area contributed by atoms with E-state index in [1.165, 1.54) is 6.07 Å². The highest BCUT2D eigenvalue weighted by Gasteiger charge is 2.11. The smallest absolute Gasteiger partial charge is 0.258 e. The van der Waals surface area contributed by atoms with Crippen LogP contribution in [-0.4, -0.2) is 4.92 Å². The predicted octanol–water partition coefficient (Wildman–Crippen LogP) is 3.48. The molecule has 1 aromatic rings. The Morgan fingerprint density at radius 3 is 2.54 bits per heavy atom. The van der Waals surface area contributed by atoms with Gasteiger partial charge in [0.2, 0.25) is 0 Å². The van der Waals surface area contributed by atoms with Crippen LogP contribution >= 0.6 is 15.9 Å². The van der Waals surface area contributed by atoms with Crippen LogP contribution in [0.2, 0.25) is 0 Å². The lowest BCUT2D eigenvalue weighted by molar-refractivity contribution is -0.384. The van der Waals surface area contributed by atoms with E-state index in [0.717, 1.165) is 10.0 Å². The Bertz CT molecular complexity index is 336. The first-order valence-corrected chi connectivity index (χ1v) is 4.75. The summed E-state index contributed by atoms with van der Waals surface area (Å²) in [6, 6.07) is 4.82. The summed E-state index contributed by atoms with van der Waals surface area (Å²) in [7, 11) is 0. The van der Waals surface area contributed by atoms with Crippen molar-refractivity contribution in [2.24, 2.45) is 0 Å². The van der Waals surface area contributed by atoms with Crippen molar-refractivity contribution in [2.75, 3.05) is 0 Å². The van der Waals surface area contributed by atoms with Crippen molar-refractivity contribution < 1.29 is 4.92 Å². The van der Waals surface area contributed by atoms with Crippen LogP contribution in [0.1, 0.15) is 25.3 Å². The second-order valence-electron chi connectivity index (χ2n) is 3.12. The maximum atomic E-state index is 10.5. The summed E-state index contributed by atoms with van der Waals surface area (Å²) in [4.78, 5) is 10.1. The minimum Gasteiger partial charge on any atom is -0.258 e. The van der Waals surface area contributed by atoms with Crippen LogP contribution in [0.5, 0.6) is 0 Å². The van der Waals surface area contributed by atoms with E-state index < -0.39 is 0 Å². The Hall–Kier alpha value is -0.900. The van der Waals surface area contributed by atoms with E-state index in [0.29, 0.717) is 0 Å². The molecule has 0 saturated carbocycles. The molecule has 0 fully saturated rings. The first-order valence-electron chi connectivity index (χ1n) is 3.96. The molecule has 0 aliphatic rings. The molecule has 0 unspecified atom stereocenters. The third-order valence-corrected chi connectivity index (χ3v) is 2.53. The van der Waals surface area contributed by atoms with Gasteiger partial charge in [-0.15, -0.1) is 0 Å². The number of non-ortho nitro benzene ring substituents is 1. The Morgan fingerprint density at radius 2 is 2.08 bits per heavy atom. The molecule has 0 aromatic heterocycles. The fraction of sp³-hybridized carbons (Fsp3) is 0.333. The number of benzene rings is 1. The SMILES string of the molecule is CC(C)c1cc([N+](=O)[O-])ccc1Br. The van der Waals surface area contributed by atoms with Crippen LogP contribution in [0.4, 0.5) is 5.69 Å². The summed E-state index contributed by atoms with van der Waals surface area (Å²) in [6.07, 6.45) is 0. The fourth-order valence-electron chi connectivity index (χ4n) is 1.09. The van der Waals surface area contributed by atoms with E-state index in [1.54, 1.807) is 12.1 Å². The zero-order valence-corrected chi connectivity index (χ0v) is 9.04. The molecule has 4 heteroatoms. The number of nitro benzene ring substituents is 1. The molecule has 0 saturated heterocycles. The highest BCUT2D eigenvalue weighted by atomic mass is 79.9. The second-order valence-corrected chi connectivity index (χ2v) is 3.97. The van der Waals surface area contributed by atoms with Gasteiger partial charge in [-0.25, -0.2) is 0 Å². The zero-order chi connectivity index (χ0) is 10.0. The molecule has 0 aliphatic heterocycles. The van der Waals surface area contributed by atoms with Crippen molar-refractivity contribution in [1.82, 2.24) is 0 Å². The number of hydrogen-bond donors (Lipinski definition) is 0. The number of nitrogens with zero attached hydrogens (tertiary/aromatic N) is 1. The molecular formula is C9H10BrNO2. The number of hydrogen-bond acceptors (Lipinski definition) is 2. The monoisotopic (exact) mass is 243 g/mol. The van der Waals surface area contributed by atoms with E-state index in [-0.39, 0.29) is 16.5 Å². The first-order chi connectivity index (χ1) is 6.02. The van der Waals surface area contributed by atoms with E-state index in [4.69, 9.17) is 0 Å². The van der Waals surface area contributed by atoms with Crippen LogP contribution in [0.3, 0.4) is 0 Å². The summed E-state index contributed by atoms with van der Waals surface area (Å²) in [5.41, 5.74) is 1.11. The van der Waals surface area contributed by atoms with Crippen LogP contribution < -0.4 is 0 Å². The lowest BCUT2D eigenvalue weighted by Crippen LogP contribution is -1.93. The van der Waals surface area contributed by atoms with Crippen molar-refractivity contribution in [3.8, 4) is 0 Å². The fourth-order valence-corrected chi connectivity index (χ4v) is 1.79. The van der Waals surface area contributed by atoms with Gasteiger partial charge in [0.25, 0.3) is 5.69 Å². The number of halogens is 1. The maximum Gasteiger partial charge on any atom is 0.269 e. The Balaban J connectivity index is 3.19. The van der Waals surface area contributed by atoms with Crippen molar-refractivity contribution in [3.05, 3.63) is 38.3 Å². The summed E-state index contributed by atoms with van der Waals surface area (Å²) < 4.78 is 0.924. The largest absolute Gasteiger partial charge is 0.269 e. The van der Waals surface area contributed by atoms with Gasteiger partial charge in [-0.05, 0) is 17.5 Å². The van der Waals surface area contributed by atoms with Crippen LogP contribution in [-0.2, 0) is 0 Å². The molecule has 0 radical (unpaired) electrons. The van der Waals surface area contributed by atoms with Gasteiger partial charge in [-0.3, -0.25) is 10.1 Å². The topological polar surface area (TPSA) is 43.1 Å². The zero-order valence-electron chi connectivity index (χ0n) is 7.45. The Labute approximate surface area is 85.0 Å². The van der Waals surface area contributed by atoms with Gasteiger partial charge in [0.15, 0.2) is 0 Å². The summed E-state index contributed by atoms with van der Waals surface area (Å²) in [5, 5.41) is 10.5. The van der Waals surface area contributed by atoms with E-state index in [1.807, 2.05) is 13.8 Å². The average Bonchev–Trinajstić information content (AvgIpc) is 2.04. The third-order valence-electron chi connectivity index (χ3n) is 1.81. The molecule has 1 rings (SSSR count). The highest BCUT2D eigenvalue weighted by molar-refractivity contribution is 9.10. The predicted molar refractivity (Wildman–Crippen MR) is 54.9 cm³/mol. The van der Waals surface area contributed by atoms with Gasteiger partial charge < -0.3 is 0 Å². The molecule has 0 N–H and O–H groups in total. The van der Waals surface area contributed by atoms with Gasteiger partial charge in [-0.1, -0.05) is 29.8 Å². The van der Waals surface area contributed by atoms with E-state index in [9.17, 15) is 10.1 Å². The van der Waals surface area contributed by atoms with Crippen molar-refractivity contribution >= 4 is 21.6 Å². The van der Waals surface area contributed by atoms with Crippen molar-refractivity contribution in [3.63, 3.8) is 0 Å². The molecule has 0 aliphatic carbocycles. The minimum atomic E-state index is -0.377. The molecule has 13 heavy (non-hydrogen) atoms. The van der Waals surface area contributed by atoms with Crippen molar-refractivity contribution in [1.29, 1.82) is 0 Å². The molecule has 70 valence electrons. The van der Waals surface area contributed by atoms with E-state index >= 15 is 0 Å². The molecule has 3 nitrogen and oxygen atoms in total. The molecule has 0 spiro atoms. The number of rotatable bonds is 2. The van der Waals surface area contributed by atoms with Gasteiger partial charge in [-0.2, -0.15) is 0 Å². The minimum absolute atomic E-state index is 0.145. The molecular weight excluding hydrogens is 234 g/mol. The normalized spacial score (nSPS) is 10.5. The standard InChI is InChI=1S/C9H10BrNO2/c1-6(2)8-5-7(11(12)13)3-4-9(8)10/h3-6H,1-2H3. The average molecular weight is 244 g/mol. The summed E-state index contributed by atoms with van der Waals surface area (Å²) >= 11 is 3.36. The molecule has 0 atom stereocenters. The Kier molecular flexibility index (Phi) is 3.03. The van der Waals surface area contributed by atoms with Crippen LogP contribution in [0.15, 0.2) is 22.7 Å².